The summed E-state index contributed by atoms with van der Waals surface area (Å²) in [5.41, 5.74) is 2.31. The number of nitro benzene ring substituents is 1. The first-order chi connectivity index (χ1) is 13.5. The summed E-state index contributed by atoms with van der Waals surface area (Å²) in [6.45, 7) is -0.429. The molecule has 1 aromatic carbocycles. The minimum atomic E-state index is -1.25. The maximum absolute atomic E-state index is 10.8. The molecule has 0 spiro atoms. The van der Waals surface area contributed by atoms with Crippen LogP contribution in [0.25, 0.3) is 11.2 Å². The van der Waals surface area contributed by atoms with Gasteiger partial charge in [0.15, 0.2) is 11.9 Å². The van der Waals surface area contributed by atoms with Crippen molar-refractivity contribution in [3.05, 3.63) is 58.3 Å². The topological polar surface area (TPSA) is 157 Å². The normalized spacial score (nSPS) is 24.7. The van der Waals surface area contributed by atoms with Crippen LogP contribution in [0.4, 0.5) is 5.69 Å². The molecule has 3 aromatic rings. The van der Waals surface area contributed by atoms with Gasteiger partial charge in [0.25, 0.3) is 5.69 Å². The second kappa shape index (κ2) is 7.20. The third-order valence-electron chi connectivity index (χ3n) is 4.74. The fourth-order valence-corrected chi connectivity index (χ4v) is 3.25. The van der Waals surface area contributed by atoms with E-state index in [1.807, 2.05) is 0 Å². The number of fused-ring (bicyclic) bond motifs is 1. The quantitative estimate of drug-likeness (QED) is 0.403. The lowest BCUT2D eigenvalue weighted by atomic mass is 10.1. The van der Waals surface area contributed by atoms with Gasteiger partial charge in [-0.15, -0.1) is 0 Å². The maximum atomic E-state index is 10.8. The molecule has 4 atom stereocenters. The lowest BCUT2D eigenvalue weighted by molar-refractivity contribution is -0.384. The fourth-order valence-electron chi connectivity index (χ4n) is 3.25. The molecule has 1 saturated heterocycles. The molecule has 0 aliphatic carbocycles. The van der Waals surface area contributed by atoms with Gasteiger partial charge < -0.3 is 20.1 Å². The first-order valence-corrected chi connectivity index (χ1v) is 8.51. The third-order valence-corrected chi connectivity index (χ3v) is 4.74. The number of hydrogen-bond donors (Lipinski definition) is 3. The zero-order chi connectivity index (χ0) is 19.8. The van der Waals surface area contributed by atoms with Gasteiger partial charge in [-0.2, -0.15) is 0 Å². The van der Waals surface area contributed by atoms with E-state index in [1.165, 1.54) is 29.4 Å². The van der Waals surface area contributed by atoms with Crippen LogP contribution < -0.4 is 0 Å². The molecule has 11 nitrogen and oxygen atoms in total. The van der Waals surface area contributed by atoms with Crippen LogP contribution in [0.1, 0.15) is 17.5 Å². The molecule has 3 N–H and O–H groups in total. The Morgan fingerprint density at radius 3 is 2.54 bits per heavy atom. The van der Waals surface area contributed by atoms with Gasteiger partial charge in [0, 0.05) is 18.6 Å². The number of hydrogen-bond acceptors (Lipinski definition) is 9. The average Bonchev–Trinajstić information content (AvgIpc) is 3.24. The average molecular weight is 387 g/mol. The van der Waals surface area contributed by atoms with E-state index in [1.54, 1.807) is 12.1 Å². The lowest BCUT2D eigenvalue weighted by Crippen LogP contribution is -2.33. The van der Waals surface area contributed by atoms with Crippen molar-refractivity contribution in [2.75, 3.05) is 6.61 Å². The van der Waals surface area contributed by atoms with Crippen LogP contribution in [-0.2, 0) is 11.2 Å². The Labute approximate surface area is 158 Å². The highest BCUT2D eigenvalue weighted by molar-refractivity contribution is 5.73. The predicted molar refractivity (Wildman–Crippen MR) is 94.2 cm³/mol. The molecule has 0 unspecified atom stereocenters. The zero-order valence-corrected chi connectivity index (χ0v) is 14.5. The van der Waals surface area contributed by atoms with Crippen molar-refractivity contribution in [2.24, 2.45) is 0 Å². The molecule has 1 aliphatic rings. The number of benzene rings is 1. The molecule has 3 heterocycles. The summed E-state index contributed by atoms with van der Waals surface area (Å²) >= 11 is 0. The molecule has 0 bridgehead atoms. The van der Waals surface area contributed by atoms with E-state index >= 15 is 0 Å². The highest BCUT2D eigenvalue weighted by Gasteiger charge is 2.44. The van der Waals surface area contributed by atoms with E-state index in [0.29, 0.717) is 23.3 Å². The number of aliphatic hydroxyl groups is 3. The van der Waals surface area contributed by atoms with Gasteiger partial charge in [0.05, 0.1) is 23.6 Å². The smallest absolute Gasteiger partial charge is 0.269 e. The van der Waals surface area contributed by atoms with Crippen molar-refractivity contribution in [3.63, 3.8) is 0 Å². The summed E-state index contributed by atoms with van der Waals surface area (Å²) in [4.78, 5) is 23.1. The molecular formula is C17H17N5O6. The second-order valence-corrected chi connectivity index (χ2v) is 6.47. The van der Waals surface area contributed by atoms with Gasteiger partial charge in [0.2, 0.25) is 0 Å². The minimum absolute atomic E-state index is 0.00484. The molecule has 2 aromatic heterocycles. The van der Waals surface area contributed by atoms with Crippen molar-refractivity contribution in [1.82, 2.24) is 19.5 Å². The van der Waals surface area contributed by atoms with E-state index in [2.05, 4.69) is 15.0 Å². The van der Waals surface area contributed by atoms with Crippen LogP contribution in [0.5, 0.6) is 0 Å². The maximum Gasteiger partial charge on any atom is 0.269 e. The monoisotopic (exact) mass is 387 g/mol. The van der Waals surface area contributed by atoms with Gasteiger partial charge in [-0.3, -0.25) is 14.7 Å². The number of rotatable bonds is 5. The molecule has 0 radical (unpaired) electrons. The summed E-state index contributed by atoms with van der Waals surface area (Å²) in [5.74, 6) is 0. The molecular weight excluding hydrogens is 370 g/mol. The van der Waals surface area contributed by atoms with Crippen molar-refractivity contribution in [3.8, 4) is 0 Å². The number of ether oxygens (including phenoxy) is 1. The Bertz CT molecular complexity index is 1010. The van der Waals surface area contributed by atoms with Crippen molar-refractivity contribution in [2.45, 2.75) is 31.0 Å². The van der Waals surface area contributed by atoms with Gasteiger partial charge in [-0.05, 0) is 5.56 Å². The molecule has 4 rings (SSSR count). The van der Waals surface area contributed by atoms with Gasteiger partial charge in [0.1, 0.15) is 30.2 Å². The predicted octanol–water partition coefficient (Wildman–Crippen LogP) is -0.0632. The number of aliphatic hydroxyl groups excluding tert-OH is 3. The van der Waals surface area contributed by atoms with Gasteiger partial charge in [-0.25, -0.2) is 15.0 Å². The van der Waals surface area contributed by atoms with Crippen molar-refractivity contribution >= 4 is 16.9 Å². The first kappa shape index (κ1) is 18.4. The molecule has 146 valence electrons. The zero-order valence-electron chi connectivity index (χ0n) is 14.5. The van der Waals surface area contributed by atoms with E-state index < -0.39 is 36.1 Å². The summed E-state index contributed by atoms with van der Waals surface area (Å²) in [6, 6.07) is 6.14. The van der Waals surface area contributed by atoms with E-state index in [0.717, 1.165) is 5.56 Å². The SMILES string of the molecule is O=[N+]([O-])c1ccc(Cc2ncnc3c2ncn3[C@H]2O[C@@H](CO)[C@@H](O)[C@H]2O)cc1. The molecule has 11 heteroatoms. The summed E-state index contributed by atoms with van der Waals surface area (Å²) in [6.07, 6.45) is -1.17. The number of imidazole rings is 1. The molecule has 1 fully saturated rings. The fraction of sp³-hybridized carbons (Fsp3) is 0.353. The highest BCUT2D eigenvalue weighted by Crippen LogP contribution is 2.31. The molecule has 0 amide bonds. The molecule has 1 aliphatic heterocycles. The first-order valence-electron chi connectivity index (χ1n) is 8.51. The number of nitrogens with zero attached hydrogens (tertiary/aromatic N) is 5. The minimum Gasteiger partial charge on any atom is -0.394 e. The van der Waals surface area contributed by atoms with Crippen LogP contribution in [0.15, 0.2) is 36.9 Å². The molecule has 28 heavy (non-hydrogen) atoms. The summed E-state index contributed by atoms with van der Waals surface area (Å²) in [5, 5.41) is 40.2. The van der Waals surface area contributed by atoms with Crippen LogP contribution in [0.2, 0.25) is 0 Å². The second-order valence-electron chi connectivity index (χ2n) is 6.47. The Kier molecular flexibility index (Phi) is 4.73. The Balaban J connectivity index is 1.65. The summed E-state index contributed by atoms with van der Waals surface area (Å²) in [7, 11) is 0. The van der Waals surface area contributed by atoms with E-state index in [4.69, 9.17) is 4.74 Å². The Morgan fingerprint density at radius 2 is 1.89 bits per heavy atom. The standard InChI is InChI=1S/C17H17N5O6/c23-6-12-14(24)15(25)17(28-12)21-8-20-13-11(18-7-19-16(13)21)5-9-1-3-10(4-2-9)22(26)27/h1-4,7-8,12,14-15,17,23-25H,5-6H2/t12-,14+,15+,17-/m0/s1. The van der Waals surface area contributed by atoms with E-state index in [9.17, 15) is 25.4 Å². The lowest BCUT2D eigenvalue weighted by Gasteiger charge is -2.16. The van der Waals surface area contributed by atoms with Gasteiger partial charge >= 0.3 is 0 Å². The third kappa shape index (κ3) is 3.10. The largest absolute Gasteiger partial charge is 0.394 e. The van der Waals surface area contributed by atoms with E-state index in [-0.39, 0.29) is 5.69 Å². The van der Waals surface area contributed by atoms with Crippen LogP contribution >= 0.6 is 0 Å². The van der Waals surface area contributed by atoms with Crippen LogP contribution in [0, 0.1) is 10.1 Å². The van der Waals surface area contributed by atoms with Crippen molar-refractivity contribution < 1.29 is 25.0 Å². The number of nitro groups is 1. The number of aromatic nitrogens is 4. The van der Waals surface area contributed by atoms with Gasteiger partial charge in [-0.1, -0.05) is 12.1 Å². The molecule has 0 saturated carbocycles. The van der Waals surface area contributed by atoms with Crippen molar-refractivity contribution in [1.29, 1.82) is 0 Å². The Morgan fingerprint density at radius 1 is 1.14 bits per heavy atom. The van der Waals surface area contributed by atoms with Crippen LogP contribution in [-0.4, -0.2) is 64.7 Å². The van der Waals surface area contributed by atoms with Crippen LogP contribution in [0.3, 0.4) is 0 Å². The summed E-state index contributed by atoms with van der Waals surface area (Å²) < 4.78 is 7.02. The Hall–Kier alpha value is -2.99. The number of non-ortho nitro benzene ring substituents is 1. The highest BCUT2D eigenvalue weighted by atomic mass is 16.6.